The summed E-state index contributed by atoms with van der Waals surface area (Å²) < 4.78 is 5.22. The zero-order chi connectivity index (χ0) is 14.7. The maximum absolute atomic E-state index is 12.6. The van der Waals surface area contributed by atoms with E-state index in [2.05, 4.69) is 0 Å². The molecule has 0 aliphatic carbocycles. The fourth-order valence-corrected chi connectivity index (χ4v) is 2.75. The van der Waals surface area contributed by atoms with Crippen LogP contribution < -0.4 is 5.73 Å². The fraction of sp³-hybridized carbons (Fsp3) is 0.769. The van der Waals surface area contributed by atoms with Crippen LogP contribution in [0.3, 0.4) is 0 Å². The molecule has 3 N–H and O–H groups in total. The second-order valence-electron chi connectivity index (χ2n) is 5.29. The van der Waals surface area contributed by atoms with Gasteiger partial charge in [0.25, 0.3) is 0 Å². The molecule has 3 amide bonds. The van der Waals surface area contributed by atoms with E-state index in [1.807, 2.05) is 6.92 Å². The average molecular weight is 284 g/mol. The number of hydrogen-bond acceptors (Lipinski definition) is 4. The monoisotopic (exact) mass is 284 g/mol. The Balaban J connectivity index is 2.21. The quantitative estimate of drug-likeness (QED) is 0.668. The summed E-state index contributed by atoms with van der Waals surface area (Å²) in [4.78, 5) is 27.4. The molecule has 1 unspecified atom stereocenters. The van der Waals surface area contributed by atoms with E-state index in [4.69, 9.17) is 10.5 Å². The van der Waals surface area contributed by atoms with E-state index in [0.29, 0.717) is 39.1 Å². The van der Waals surface area contributed by atoms with Crippen LogP contribution in [-0.2, 0) is 9.53 Å². The molecule has 0 aromatic heterocycles. The largest absolute Gasteiger partial charge is 0.390 e. The number of urea groups is 1. The third kappa shape index (κ3) is 3.04. The number of aliphatic hydroxyl groups is 1. The number of hydrogen-bond donors (Lipinski definition) is 2. The minimum atomic E-state index is -1.01. The van der Waals surface area contributed by atoms with Crippen LogP contribution in [0.5, 0.6) is 0 Å². The van der Waals surface area contributed by atoms with Crippen molar-refractivity contribution in [3.63, 3.8) is 0 Å². The Labute approximate surface area is 118 Å². The van der Waals surface area contributed by atoms with E-state index in [1.165, 1.54) is 4.90 Å². The molecule has 0 bridgehead atoms. The number of carbonyl (C=O) groups excluding carboxylic acids is 2. The van der Waals surface area contributed by atoms with Gasteiger partial charge in [-0.3, -0.25) is 4.79 Å². The van der Waals surface area contributed by atoms with Crippen LogP contribution in [0.4, 0.5) is 4.79 Å². The number of nitrogens with zero attached hydrogens (tertiary/aromatic N) is 2. The molecule has 2 fully saturated rings. The summed E-state index contributed by atoms with van der Waals surface area (Å²) in [7, 11) is 0. The molecule has 2 rings (SSSR count). The van der Waals surface area contributed by atoms with Crippen LogP contribution in [-0.4, -0.2) is 71.3 Å². The van der Waals surface area contributed by atoms with E-state index < -0.39 is 18.1 Å². The fourth-order valence-electron chi connectivity index (χ4n) is 2.75. The molecule has 2 aliphatic rings. The first-order valence-electron chi connectivity index (χ1n) is 6.98. The van der Waals surface area contributed by atoms with Crippen LogP contribution in [0, 0.1) is 6.42 Å². The van der Waals surface area contributed by atoms with Gasteiger partial charge in [-0.2, -0.15) is 0 Å². The smallest absolute Gasteiger partial charge is 0.321 e. The van der Waals surface area contributed by atoms with Gasteiger partial charge in [0.15, 0.2) is 0 Å². The van der Waals surface area contributed by atoms with Gasteiger partial charge in [0.1, 0.15) is 6.04 Å². The summed E-state index contributed by atoms with van der Waals surface area (Å²) in [6.45, 7) is 3.84. The van der Waals surface area contributed by atoms with Crippen molar-refractivity contribution in [1.29, 1.82) is 0 Å². The van der Waals surface area contributed by atoms with Crippen LogP contribution in [0.25, 0.3) is 0 Å². The lowest BCUT2D eigenvalue weighted by Gasteiger charge is -2.39. The Kier molecular flexibility index (Phi) is 4.82. The van der Waals surface area contributed by atoms with Crippen LogP contribution in [0.2, 0.25) is 0 Å². The van der Waals surface area contributed by atoms with Crippen LogP contribution in [0.15, 0.2) is 0 Å². The lowest BCUT2D eigenvalue weighted by Crippen LogP contribution is -2.60. The van der Waals surface area contributed by atoms with Gasteiger partial charge in [0.2, 0.25) is 5.91 Å². The lowest BCUT2D eigenvalue weighted by molar-refractivity contribution is -0.126. The number of rotatable bonds is 1. The molecule has 3 atom stereocenters. The Hall–Kier alpha value is -1.34. The first-order valence-corrected chi connectivity index (χ1v) is 6.98. The summed E-state index contributed by atoms with van der Waals surface area (Å²) in [5.74, 6) is -0.677. The second kappa shape index (κ2) is 6.41. The van der Waals surface area contributed by atoms with E-state index in [0.717, 1.165) is 0 Å². The maximum Gasteiger partial charge on any atom is 0.321 e. The minimum Gasteiger partial charge on any atom is -0.390 e. The van der Waals surface area contributed by atoms with Crippen LogP contribution >= 0.6 is 0 Å². The predicted octanol–water partition coefficient (Wildman–Crippen LogP) is -0.658. The molecule has 2 heterocycles. The molecular weight excluding hydrogens is 262 g/mol. The summed E-state index contributed by atoms with van der Waals surface area (Å²) in [5, 5.41) is 10.1. The third-order valence-electron chi connectivity index (χ3n) is 3.88. The van der Waals surface area contributed by atoms with Gasteiger partial charge in [-0.1, -0.05) is 0 Å². The van der Waals surface area contributed by atoms with E-state index in [1.54, 1.807) is 11.3 Å². The molecule has 0 saturated carbocycles. The SMILES string of the molecule is C[C@@H]1CC[CH][C@H](O)C(C(N)=O)N1C(=O)N1CCOCC1. The van der Waals surface area contributed by atoms with Crippen molar-refractivity contribution in [2.45, 2.75) is 38.0 Å². The summed E-state index contributed by atoms with van der Waals surface area (Å²) in [6, 6.07) is -1.39. The third-order valence-corrected chi connectivity index (χ3v) is 3.88. The Morgan fingerprint density at radius 2 is 2.00 bits per heavy atom. The van der Waals surface area contributed by atoms with Crippen molar-refractivity contribution in [2.75, 3.05) is 26.3 Å². The van der Waals surface area contributed by atoms with E-state index in [-0.39, 0.29) is 12.1 Å². The van der Waals surface area contributed by atoms with Crippen molar-refractivity contribution in [1.82, 2.24) is 9.80 Å². The van der Waals surface area contributed by atoms with Crippen molar-refractivity contribution in [2.24, 2.45) is 5.73 Å². The van der Waals surface area contributed by atoms with Gasteiger partial charge >= 0.3 is 6.03 Å². The Morgan fingerprint density at radius 1 is 1.35 bits per heavy atom. The normalized spacial score (nSPS) is 31.8. The highest BCUT2D eigenvalue weighted by molar-refractivity contribution is 5.87. The zero-order valence-electron chi connectivity index (χ0n) is 11.7. The van der Waals surface area contributed by atoms with Crippen molar-refractivity contribution < 1.29 is 19.4 Å². The molecule has 7 heteroatoms. The summed E-state index contributed by atoms with van der Waals surface area (Å²) in [6.07, 6.45) is 2.00. The predicted molar refractivity (Wildman–Crippen MR) is 71.6 cm³/mol. The van der Waals surface area contributed by atoms with Crippen molar-refractivity contribution in [3.8, 4) is 0 Å². The number of aliphatic hydroxyl groups excluding tert-OH is 1. The molecule has 2 saturated heterocycles. The second-order valence-corrected chi connectivity index (χ2v) is 5.29. The number of likely N-dealkylation sites (tertiary alicyclic amines) is 1. The highest BCUT2D eigenvalue weighted by Crippen LogP contribution is 2.23. The van der Waals surface area contributed by atoms with Crippen molar-refractivity contribution in [3.05, 3.63) is 6.42 Å². The number of amides is 3. The first-order chi connectivity index (χ1) is 9.52. The minimum absolute atomic E-state index is 0.142. The van der Waals surface area contributed by atoms with Gasteiger partial charge in [0.05, 0.1) is 19.3 Å². The number of nitrogens with two attached hydrogens (primary N) is 1. The zero-order valence-corrected chi connectivity index (χ0v) is 11.7. The molecule has 113 valence electrons. The highest BCUT2D eigenvalue weighted by Gasteiger charge is 2.41. The highest BCUT2D eigenvalue weighted by atomic mass is 16.5. The number of ether oxygens (including phenoxy) is 1. The molecule has 7 nitrogen and oxygen atoms in total. The van der Waals surface area contributed by atoms with Gasteiger partial charge in [-0.15, -0.1) is 0 Å². The number of morpholine rings is 1. The molecule has 0 spiro atoms. The average Bonchev–Trinajstić information content (AvgIpc) is 2.58. The molecule has 0 aromatic carbocycles. The van der Waals surface area contributed by atoms with E-state index in [9.17, 15) is 14.7 Å². The number of primary amides is 1. The molecule has 0 aromatic rings. The molecular formula is C13H22N3O4. The Bertz CT molecular complexity index is 371. The topological polar surface area (TPSA) is 96.1 Å². The Morgan fingerprint density at radius 3 is 2.60 bits per heavy atom. The van der Waals surface area contributed by atoms with Gasteiger partial charge < -0.3 is 25.4 Å². The molecule has 2 aliphatic heterocycles. The van der Waals surface area contributed by atoms with Crippen molar-refractivity contribution >= 4 is 11.9 Å². The lowest BCUT2D eigenvalue weighted by atomic mass is 10.1. The molecule has 1 radical (unpaired) electrons. The van der Waals surface area contributed by atoms with Gasteiger partial charge in [0, 0.05) is 19.1 Å². The maximum atomic E-state index is 12.6. The van der Waals surface area contributed by atoms with Gasteiger partial charge in [-0.05, 0) is 26.2 Å². The van der Waals surface area contributed by atoms with Gasteiger partial charge in [-0.25, -0.2) is 4.79 Å². The number of carbonyl (C=O) groups is 2. The first kappa shape index (κ1) is 15.1. The summed E-state index contributed by atoms with van der Waals surface area (Å²) in [5.41, 5.74) is 5.39. The standard InChI is InChI=1S/C13H22N3O4/c1-9-3-2-4-10(17)11(12(14)18)16(9)13(19)15-5-7-20-8-6-15/h4,9-11,17H,2-3,5-8H2,1H3,(H2,14,18)/t9-,10+,11?/m1/s1. The van der Waals surface area contributed by atoms with Crippen LogP contribution in [0.1, 0.15) is 19.8 Å². The summed E-state index contributed by atoms with van der Waals surface area (Å²) >= 11 is 0. The van der Waals surface area contributed by atoms with E-state index >= 15 is 0 Å². The molecule has 20 heavy (non-hydrogen) atoms.